The van der Waals surface area contributed by atoms with E-state index in [1.165, 1.54) is 5.56 Å². The Morgan fingerprint density at radius 3 is 2.74 bits per heavy atom. The van der Waals surface area contributed by atoms with Crippen molar-refractivity contribution in [1.29, 1.82) is 5.26 Å². The van der Waals surface area contributed by atoms with E-state index >= 15 is 0 Å². The van der Waals surface area contributed by atoms with E-state index in [9.17, 15) is 10.1 Å². The van der Waals surface area contributed by atoms with Gasteiger partial charge in [0.25, 0.3) is 5.56 Å². The molecule has 2 aliphatic heterocycles. The molecule has 0 unspecified atom stereocenters. The maximum absolute atomic E-state index is 13.2. The van der Waals surface area contributed by atoms with Gasteiger partial charge in [-0.05, 0) is 49.1 Å². The third-order valence-corrected chi connectivity index (χ3v) is 7.98. The third-order valence-electron chi connectivity index (χ3n) is 7.56. The monoisotopic (exact) mass is 491 g/mol. The standard InChI is InChI=1S/C27H30ClN5O2/c1-5-19-13-33-20(14-32(19)22(6-2)17-7-9-21(28)16(3)11-17)15-35-26-25(33)24-23(31(4)27(26)34)10-8-18(12-29)30-24/h7-11,19-20,22H,5-6,13-15H2,1-4H3/t19-,20+,22-/m1/s1. The van der Waals surface area contributed by atoms with Gasteiger partial charge in [0.2, 0.25) is 5.75 Å². The fourth-order valence-corrected chi connectivity index (χ4v) is 5.79. The Bertz CT molecular complexity index is 1400. The Balaban J connectivity index is 1.58. The van der Waals surface area contributed by atoms with Gasteiger partial charge >= 0.3 is 0 Å². The first-order valence-electron chi connectivity index (χ1n) is 12.2. The summed E-state index contributed by atoms with van der Waals surface area (Å²) in [5, 5.41) is 10.3. The molecule has 182 valence electrons. The Morgan fingerprint density at radius 1 is 1.26 bits per heavy atom. The number of aryl methyl sites for hydroxylation is 2. The highest BCUT2D eigenvalue weighted by Crippen LogP contribution is 2.41. The van der Waals surface area contributed by atoms with E-state index in [1.807, 2.05) is 13.0 Å². The summed E-state index contributed by atoms with van der Waals surface area (Å²) in [7, 11) is 1.72. The minimum atomic E-state index is -0.170. The molecule has 0 amide bonds. The molecule has 5 rings (SSSR count). The molecule has 1 fully saturated rings. The van der Waals surface area contributed by atoms with Crippen LogP contribution in [0.4, 0.5) is 5.69 Å². The van der Waals surface area contributed by atoms with Crippen molar-refractivity contribution in [3.8, 4) is 11.8 Å². The number of nitrogens with zero attached hydrogens (tertiary/aromatic N) is 5. The largest absolute Gasteiger partial charge is 0.484 e. The summed E-state index contributed by atoms with van der Waals surface area (Å²) in [5.41, 5.74) is 4.60. The first-order valence-corrected chi connectivity index (χ1v) is 12.6. The van der Waals surface area contributed by atoms with Gasteiger partial charge in [0.15, 0.2) is 0 Å². The normalized spacial score (nSPS) is 20.6. The fourth-order valence-electron chi connectivity index (χ4n) is 5.68. The van der Waals surface area contributed by atoms with Gasteiger partial charge in [0.1, 0.15) is 29.6 Å². The Kier molecular flexibility index (Phi) is 6.20. The number of aromatic nitrogens is 2. The predicted molar refractivity (Wildman–Crippen MR) is 138 cm³/mol. The summed E-state index contributed by atoms with van der Waals surface area (Å²) in [6.07, 6.45) is 1.96. The zero-order valence-electron chi connectivity index (χ0n) is 20.6. The summed E-state index contributed by atoms with van der Waals surface area (Å²) in [6.45, 7) is 8.51. The van der Waals surface area contributed by atoms with Crippen LogP contribution in [0.15, 0.2) is 35.1 Å². The molecule has 0 radical (unpaired) electrons. The lowest BCUT2D eigenvalue weighted by molar-refractivity contribution is 0.0720. The second-order valence-electron chi connectivity index (χ2n) is 9.53. The first-order chi connectivity index (χ1) is 16.9. The Hall–Kier alpha value is -3.08. The number of piperazine rings is 1. The minimum absolute atomic E-state index is 0.0793. The van der Waals surface area contributed by atoms with Crippen molar-refractivity contribution in [3.05, 3.63) is 62.5 Å². The molecule has 1 saturated heterocycles. The molecule has 1 aromatic carbocycles. The van der Waals surface area contributed by atoms with E-state index in [-0.39, 0.29) is 23.7 Å². The van der Waals surface area contributed by atoms with Crippen molar-refractivity contribution in [1.82, 2.24) is 14.5 Å². The van der Waals surface area contributed by atoms with Crippen LogP contribution in [0.1, 0.15) is 49.6 Å². The zero-order valence-corrected chi connectivity index (χ0v) is 21.3. The predicted octanol–water partition coefficient (Wildman–Crippen LogP) is 4.58. The summed E-state index contributed by atoms with van der Waals surface area (Å²) < 4.78 is 7.68. The van der Waals surface area contributed by atoms with E-state index in [4.69, 9.17) is 16.3 Å². The van der Waals surface area contributed by atoms with E-state index < -0.39 is 0 Å². The van der Waals surface area contributed by atoms with Crippen LogP contribution in [0.25, 0.3) is 11.0 Å². The molecule has 35 heavy (non-hydrogen) atoms. The second kappa shape index (κ2) is 9.18. The highest BCUT2D eigenvalue weighted by atomic mass is 35.5. The van der Waals surface area contributed by atoms with Crippen LogP contribution in [0.2, 0.25) is 5.02 Å². The number of pyridine rings is 2. The van der Waals surface area contributed by atoms with Gasteiger partial charge in [0.05, 0.1) is 11.6 Å². The van der Waals surface area contributed by atoms with Crippen LogP contribution >= 0.6 is 11.6 Å². The molecule has 4 heterocycles. The van der Waals surface area contributed by atoms with Gasteiger partial charge in [-0.3, -0.25) is 9.69 Å². The highest BCUT2D eigenvalue weighted by molar-refractivity contribution is 6.31. The summed E-state index contributed by atoms with van der Waals surface area (Å²) in [4.78, 5) is 22.7. The molecule has 2 aromatic heterocycles. The van der Waals surface area contributed by atoms with Crippen molar-refractivity contribution in [2.75, 3.05) is 24.6 Å². The highest BCUT2D eigenvalue weighted by Gasteiger charge is 2.42. The zero-order chi connectivity index (χ0) is 24.9. The number of halogens is 1. The quantitative estimate of drug-likeness (QED) is 0.531. The molecule has 7 nitrogen and oxygen atoms in total. The van der Waals surface area contributed by atoms with Crippen molar-refractivity contribution >= 4 is 28.3 Å². The van der Waals surface area contributed by atoms with E-state index in [1.54, 1.807) is 23.7 Å². The smallest absolute Gasteiger partial charge is 0.295 e. The van der Waals surface area contributed by atoms with Crippen LogP contribution in [-0.4, -0.2) is 46.2 Å². The van der Waals surface area contributed by atoms with E-state index in [2.05, 4.69) is 46.8 Å². The van der Waals surface area contributed by atoms with Crippen molar-refractivity contribution in [2.24, 2.45) is 7.05 Å². The fraction of sp³-hybridized carbons (Fsp3) is 0.444. The van der Waals surface area contributed by atoms with E-state index in [0.29, 0.717) is 29.1 Å². The van der Waals surface area contributed by atoms with Gasteiger partial charge < -0.3 is 14.2 Å². The van der Waals surface area contributed by atoms with Gasteiger partial charge in [-0.15, -0.1) is 0 Å². The molecule has 3 atom stereocenters. The van der Waals surface area contributed by atoms with Crippen molar-refractivity contribution in [3.63, 3.8) is 0 Å². The number of ether oxygens (including phenoxy) is 1. The Morgan fingerprint density at radius 2 is 2.06 bits per heavy atom. The van der Waals surface area contributed by atoms with Gasteiger partial charge in [-0.1, -0.05) is 37.6 Å². The Labute approximate surface area is 210 Å². The van der Waals surface area contributed by atoms with Crippen LogP contribution in [0.5, 0.6) is 5.75 Å². The number of hydrogen-bond donors (Lipinski definition) is 0. The molecule has 0 spiro atoms. The first kappa shape index (κ1) is 23.7. The maximum Gasteiger partial charge on any atom is 0.295 e. The number of rotatable bonds is 4. The number of anilines is 1. The molecule has 0 aliphatic carbocycles. The van der Waals surface area contributed by atoms with Gasteiger partial charge in [-0.2, -0.15) is 5.26 Å². The molecule has 8 heteroatoms. The number of benzene rings is 1. The molecule has 2 aliphatic rings. The molecule has 0 saturated carbocycles. The van der Waals surface area contributed by atoms with Crippen LogP contribution in [-0.2, 0) is 7.05 Å². The number of nitriles is 1. The summed E-state index contributed by atoms with van der Waals surface area (Å²) >= 11 is 6.31. The third kappa shape index (κ3) is 3.85. The minimum Gasteiger partial charge on any atom is -0.484 e. The summed E-state index contributed by atoms with van der Waals surface area (Å²) in [6, 6.07) is 12.6. The summed E-state index contributed by atoms with van der Waals surface area (Å²) in [5.74, 6) is 0.336. The average Bonchev–Trinajstić information content (AvgIpc) is 2.88. The van der Waals surface area contributed by atoms with E-state index in [0.717, 1.165) is 42.2 Å². The maximum atomic E-state index is 13.2. The van der Waals surface area contributed by atoms with Crippen LogP contribution < -0.4 is 15.2 Å². The molecule has 0 bridgehead atoms. The van der Waals surface area contributed by atoms with Crippen LogP contribution in [0, 0.1) is 18.3 Å². The van der Waals surface area contributed by atoms with Crippen molar-refractivity contribution in [2.45, 2.75) is 51.7 Å². The van der Waals surface area contributed by atoms with Gasteiger partial charge in [-0.25, -0.2) is 4.98 Å². The molecular formula is C27H30ClN5O2. The lowest BCUT2D eigenvalue weighted by Crippen LogP contribution is -2.62. The SMILES string of the molecule is CC[C@@H]1CN2c3c(c(=O)n(C)c4ccc(C#N)nc34)OC[C@@H]2CN1[C@H](CC)c1ccc(Cl)c(C)c1. The molecule has 0 N–H and O–H groups in total. The lowest BCUT2D eigenvalue weighted by Gasteiger charge is -2.51. The van der Waals surface area contributed by atoms with Crippen LogP contribution in [0.3, 0.4) is 0 Å². The topological polar surface area (TPSA) is 74.4 Å². The molecule has 3 aromatic rings. The second-order valence-corrected chi connectivity index (χ2v) is 9.93. The number of hydrogen-bond acceptors (Lipinski definition) is 6. The van der Waals surface area contributed by atoms with Gasteiger partial charge in [0, 0.05) is 37.2 Å². The lowest BCUT2D eigenvalue weighted by atomic mass is 9.94. The number of fused-ring (bicyclic) bond motifs is 5. The average molecular weight is 492 g/mol. The molecular weight excluding hydrogens is 462 g/mol. The van der Waals surface area contributed by atoms with Crippen molar-refractivity contribution < 1.29 is 4.74 Å².